The summed E-state index contributed by atoms with van der Waals surface area (Å²) in [6, 6.07) is 18.7. The number of fused-ring (bicyclic) bond motifs is 1. The molecule has 1 aromatic heterocycles. The summed E-state index contributed by atoms with van der Waals surface area (Å²) in [6.07, 6.45) is 1.58. The smallest absolute Gasteiger partial charge is 0.287 e. The van der Waals surface area contributed by atoms with Gasteiger partial charge in [0.1, 0.15) is 11.6 Å². The largest absolute Gasteiger partial charge is 0.484 e. The Hall–Kier alpha value is -3.29. The second kappa shape index (κ2) is 9.24. The van der Waals surface area contributed by atoms with E-state index in [-0.39, 0.29) is 12.4 Å². The van der Waals surface area contributed by atoms with Gasteiger partial charge in [-0.1, -0.05) is 52.8 Å². The van der Waals surface area contributed by atoms with Crippen molar-refractivity contribution in [3.63, 3.8) is 0 Å². The Kier molecular flexibility index (Phi) is 6.25. The molecule has 0 bridgehead atoms. The number of thiazole rings is 1. The van der Waals surface area contributed by atoms with Crippen LogP contribution < -0.4 is 9.75 Å². The van der Waals surface area contributed by atoms with Crippen LogP contribution in [0.3, 0.4) is 0 Å². The highest BCUT2D eigenvalue weighted by molar-refractivity contribution is 7.22. The molecule has 0 saturated heterocycles. The lowest BCUT2D eigenvalue weighted by Gasteiger charge is -2.14. The van der Waals surface area contributed by atoms with Gasteiger partial charge in [-0.2, -0.15) is 10.1 Å². The molecule has 5 nitrogen and oxygen atoms in total. The van der Waals surface area contributed by atoms with Crippen LogP contribution in [-0.4, -0.2) is 23.7 Å². The number of hydrazone groups is 1. The topological polar surface area (TPSA) is 54.8 Å². The lowest BCUT2D eigenvalue weighted by Crippen LogP contribution is -2.30. The number of ether oxygens (including phenoxy) is 1. The standard InChI is InChI=1S/C23H17ClFN3O2S/c1-15-2-4-16(5-3-15)13-26-28(22(29)14-30-19-9-6-17(24)7-10-19)23-27-20-11-8-18(25)12-21(20)31-23/h2-13H,14H2,1H3/b26-13+. The van der Waals surface area contributed by atoms with E-state index in [4.69, 9.17) is 16.3 Å². The summed E-state index contributed by atoms with van der Waals surface area (Å²) >= 11 is 7.06. The number of anilines is 1. The molecule has 0 spiro atoms. The maximum absolute atomic E-state index is 13.6. The van der Waals surface area contributed by atoms with Crippen molar-refractivity contribution < 1.29 is 13.9 Å². The minimum absolute atomic E-state index is 0.253. The summed E-state index contributed by atoms with van der Waals surface area (Å²) in [5.41, 5.74) is 2.53. The molecule has 0 fully saturated rings. The fourth-order valence-electron chi connectivity index (χ4n) is 2.71. The first-order valence-corrected chi connectivity index (χ1v) is 10.6. The van der Waals surface area contributed by atoms with E-state index in [0.717, 1.165) is 11.1 Å². The molecule has 1 amide bonds. The first kappa shape index (κ1) is 21.0. The minimum Gasteiger partial charge on any atom is -0.484 e. The Bertz CT molecular complexity index is 1240. The van der Waals surface area contributed by atoms with Crippen LogP contribution in [0.25, 0.3) is 10.2 Å². The highest BCUT2D eigenvalue weighted by atomic mass is 35.5. The summed E-state index contributed by atoms with van der Waals surface area (Å²) in [5, 5.41) is 6.43. The predicted molar refractivity (Wildman–Crippen MR) is 123 cm³/mol. The highest BCUT2D eigenvalue weighted by Gasteiger charge is 2.20. The molecule has 4 aromatic rings. The summed E-state index contributed by atoms with van der Waals surface area (Å²) in [6.45, 7) is 1.74. The molecule has 0 unspecified atom stereocenters. The van der Waals surface area contributed by atoms with Crippen molar-refractivity contribution in [2.75, 3.05) is 11.6 Å². The average Bonchev–Trinajstić information content (AvgIpc) is 3.17. The van der Waals surface area contributed by atoms with Gasteiger partial charge >= 0.3 is 0 Å². The van der Waals surface area contributed by atoms with Gasteiger partial charge in [-0.05, 0) is 55.0 Å². The quantitative estimate of drug-likeness (QED) is 0.272. The van der Waals surface area contributed by atoms with Crippen LogP contribution in [0, 0.1) is 12.7 Å². The Morgan fingerprint density at radius 2 is 1.90 bits per heavy atom. The maximum atomic E-state index is 13.6. The Balaban J connectivity index is 1.61. The van der Waals surface area contributed by atoms with Gasteiger partial charge in [-0.25, -0.2) is 9.37 Å². The van der Waals surface area contributed by atoms with Crippen LogP contribution in [0.15, 0.2) is 71.8 Å². The molecule has 0 atom stereocenters. The second-order valence-corrected chi connectivity index (χ2v) is 8.16. The lowest BCUT2D eigenvalue weighted by molar-refractivity contribution is -0.120. The van der Waals surface area contributed by atoms with E-state index in [1.807, 2.05) is 31.2 Å². The summed E-state index contributed by atoms with van der Waals surface area (Å²) in [5.74, 6) is -0.278. The highest BCUT2D eigenvalue weighted by Crippen LogP contribution is 2.30. The SMILES string of the molecule is Cc1ccc(/C=N/N(C(=O)COc2ccc(Cl)cc2)c2nc3ccc(F)cc3s2)cc1. The summed E-state index contributed by atoms with van der Waals surface area (Å²) < 4.78 is 19.8. The van der Waals surface area contributed by atoms with Gasteiger partial charge in [-0.15, -0.1) is 0 Å². The molecule has 0 aliphatic rings. The Labute approximate surface area is 187 Å². The number of aryl methyl sites for hydroxylation is 1. The van der Waals surface area contributed by atoms with Gasteiger partial charge < -0.3 is 4.74 Å². The van der Waals surface area contributed by atoms with E-state index in [1.54, 1.807) is 36.5 Å². The van der Waals surface area contributed by atoms with Crippen molar-refractivity contribution in [2.45, 2.75) is 6.92 Å². The van der Waals surface area contributed by atoms with Crippen LogP contribution in [0.4, 0.5) is 9.52 Å². The number of rotatable bonds is 6. The molecule has 0 aliphatic heterocycles. The van der Waals surface area contributed by atoms with E-state index in [1.165, 1.54) is 28.5 Å². The number of nitrogens with zero attached hydrogens (tertiary/aromatic N) is 3. The first-order valence-electron chi connectivity index (χ1n) is 9.36. The van der Waals surface area contributed by atoms with Crippen LogP contribution in [0.1, 0.15) is 11.1 Å². The zero-order valence-corrected chi connectivity index (χ0v) is 18.0. The van der Waals surface area contributed by atoms with Gasteiger partial charge in [0, 0.05) is 5.02 Å². The Morgan fingerprint density at radius 1 is 1.16 bits per heavy atom. The fourth-order valence-corrected chi connectivity index (χ4v) is 3.80. The molecular weight excluding hydrogens is 437 g/mol. The molecule has 3 aromatic carbocycles. The van der Waals surface area contributed by atoms with Crippen molar-refractivity contribution in [2.24, 2.45) is 5.10 Å². The van der Waals surface area contributed by atoms with Gasteiger partial charge in [0.25, 0.3) is 5.91 Å². The van der Waals surface area contributed by atoms with E-state index in [9.17, 15) is 9.18 Å². The van der Waals surface area contributed by atoms with Gasteiger partial charge in [-0.3, -0.25) is 4.79 Å². The summed E-state index contributed by atoms with van der Waals surface area (Å²) in [7, 11) is 0. The molecule has 0 saturated carbocycles. The number of carbonyl (C=O) groups excluding carboxylic acids is 1. The number of amides is 1. The van der Waals surface area contributed by atoms with Crippen LogP contribution in [0.2, 0.25) is 5.02 Å². The number of aromatic nitrogens is 1. The lowest BCUT2D eigenvalue weighted by atomic mass is 10.2. The van der Waals surface area contributed by atoms with Crippen molar-refractivity contribution in [1.82, 2.24) is 4.98 Å². The molecule has 1 heterocycles. The molecule has 156 valence electrons. The molecule has 31 heavy (non-hydrogen) atoms. The van der Waals surface area contributed by atoms with Crippen molar-refractivity contribution in [3.05, 3.63) is 88.7 Å². The van der Waals surface area contributed by atoms with Crippen LogP contribution in [0.5, 0.6) is 5.75 Å². The third-order valence-corrected chi connectivity index (χ3v) is 5.58. The van der Waals surface area contributed by atoms with Crippen molar-refractivity contribution in [3.8, 4) is 5.75 Å². The molecule has 8 heteroatoms. The maximum Gasteiger partial charge on any atom is 0.287 e. The number of carbonyl (C=O) groups is 1. The van der Waals surface area contributed by atoms with Crippen LogP contribution >= 0.6 is 22.9 Å². The first-order chi connectivity index (χ1) is 15.0. The number of hydrogen-bond donors (Lipinski definition) is 0. The van der Waals surface area contributed by atoms with Gasteiger partial charge in [0.15, 0.2) is 6.61 Å². The predicted octanol–water partition coefficient (Wildman–Crippen LogP) is 5.84. The second-order valence-electron chi connectivity index (χ2n) is 6.71. The van der Waals surface area contributed by atoms with E-state index in [0.29, 0.717) is 26.1 Å². The zero-order valence-electron chi connectivity index (χ0n) is 16.5. The van der Waals surface area contributed by atoms with E-state index >= 15 is 0 Å². The zero-order chi connectivity index (χ0) is 21.8. The van der Waals surface area contributed by atoms with Crippen LogP contribution in [-0.2, 0) is 4.79 Å². The minimum atomic E-state index is -0.419. The van der Waals surface area contributed by atoms with Crippen molar-refractivity contribution in [1.29, 1.82) is 0 Å². The van der Waals surface area contributed by atoms with Gasteiger partial charge in [0.05, 0.1) is 16.4 Å². The summed E-state index contributed by atoms with van der Waals surface area (Å²) in [4.78, 5) is 17.4. The third kappa shape index (κ3) is 5.25. The normalized spacial score (nSPS) is 11.2. The van der Waals surface area contributed by atoms with E-state index in [2.05, 4.69) is 10.1 Å². The van der Waals surface area contributed by atoms with Crippen molar-refractivity contribution >= 4 is 50.4 Å². The number of halogens is 2. The third-order valence-electron chi connectivity index (χ3n) is 4.33. The average molecular weight is 454 g/mol. The number of hydrogen-bond acceptors (Lipinski definition) is 5. The monoisotopic (exact) mass is 453 g/mol. The number of benzene rings is 3. The Morgan fingerprint density at radius 3 is 2.65 bits per heavy atom. The molecule has 0 radical (unpaired) electrons. The molecular formula is C23H17ClFN3O2S. The molecule has 0 N–H and O–H groups in total. The van der Waals surface area contributed by atoms with E-state index < -0.39 is 5.91 Å². The van der Waals surface area contributed by atoms with Gasteiger partial charge in [0.2, 0.25) is 5.13 Å². The fraction of sp³-hybridized carbons (Fsp3) is 0.0870. The molecule has 4 rings (SSSR count). The molecule has 0 aliphatic carbocycles.